The molecule has 1 N–H and O–H groups in total. The molecule has 2 aromatic rings. The fraction of sp³-hybridized carbons (Fsp3) is 0.409. The minimum Gasteiger partial charge on any atom is -0.494 e. The van der Waals surface area contributed by atoms with Crippen molar-refractivity contribution in [1.82, 2.24) is 14.5 Å². The van der Waals surface area contributed by atoms with E-state index in [0.717, 1.165) is 11.3 Å². The smallest absolute Gasteiger partial charge is 0.242 e. The number of nitrogens with zero attached hydrogens (tertiary/aromatic N) is 3. The van der Waals surface area contributed by atoms with Crippen LogP contribution < -0.4 is 10.1 Å². The maximum atomic E-state index is 12.6. The summed E-state index contributed by atoms with van der Waals surface area (Å²) in [6.07, 6.45) is 0. The summed E-state index contributed by atoms with van der Waals surface area (Å²) >= 11 is 0. The maximum absolute atomic E-state index is 12.6. The minimum atomic E-state index is -3.53. The van der Waals surface area contributed by atoms with E-state index < -0.39 is 10.0 Å². The molecule has 9 heteroatoms. The number of hydrogen-bond donors (Lipinski definition) is 1. The first-order chi connectivity index (χ1) is 14.3. The van der Waals surface area contributed by atoms with Gasteiger partial charge in [-0.1, -0.05) is 30.3 Å². The molecule has 2 rings (SSSR count). The third-order valence-corrected chi connectivity index (χ3v) is 6.40. The monoisotopic (exact) mass is 560 g/mol. The number of nitrogens with one attached hydrogen (secondary N) is 1. The molecule has 0 aliphatic heterocycles. The average Bonchev–Trinajstić information content (AvgIpc) is 2.72. The zero-order valence-corrected chi connectivity index (χ0v) is 22.0. The van der Waals surface area contributed by atoms with Gasteiger partial charge in [-0.2, -0.15) is 0 Å². The summed E-state index contributed by atoms with van der Waals surface area (Å²) in [6.45, 7) is 6.24. The van der Waals surface area contributed by atoms with Crippen LogP contribution in [0.3, 0.4) is 0 Å². The first-order valence-electron chi connectivity index (χ1n) is 10.0. The number of guanidine groups is 1. The van der Waals surface area contributed by atoms with Crippen molar-refractivity contribution < 1.29 is 13.2 Å². The number of halogens is 1. The lowest BCUT2D eigenvalue weighted by Gasteiger charge is -2.22. The number of benzene rings is 2. The van der Waals surface area contributed by atoms with E-state index in [0.29, 0.717) is 31.2 Å². The van der Waals surface area contributed by atoms with E-state index in [1.807, 2.05) is 56.1 Å². The third-order valence-electron chi connectivity index (χ3n) is 4.48. The van der Waals surface area contributed by atoms with Gasteiger partial charge >= 0.3 is 0 Å². The molecule has 2 aromatic carbocycles. The molecule has 0 amide bonds. The molecule has 0 unspecified atom stereocenters. The van der Waals surface area contributed by atoms with E-state index in [9.17, 15) is 8.42 Å². The number of hydrogen-bond acceptors (Lipinski definition) is 4. The van der Waals surface area contributed by atoms with Crippen molar-refractivity contribution in [3.63, 3.8) is 0 Å². The first kappa shape index (κ1) is 27.2. The second kappa shape index (κ2) is 12.9. The van der Waals surface area contributed by atoms with Gasteiger partial charge in [0.15, 0.2) is 5.96 Å². The minimum absolute atomic E-state index is 0. The van der Waals surface area contributed by atoms with Gasteiger partial charge in [0.1, 0.15) is 5.75 Å². The lowest BCUT2D eigenvalue weighted by Crippen LogP contribution is -2.38. The number of ether oxygens (including phenoxy) is 1. The van der Waals surface area contributed by atoms with E-state index in [4.69, 9.17) is 4.74 Å². The van der Waals surface area contributed by atoms with Crippen molar-refractivity contribution in [2.45, 2.75) is 31.8 Å². The van der Waals surface area contributed by atoms with Crippen LogP contribution >= 0.6 is 24.0 Å². The standard InChI is InChI=1S/C22H32N4O3S.HI/c1-6-23-22(26(5)17-18-12-14-20(15-13-18)29-7-2)24-16-19-10-8-9-11-21(19)30(27,28)25(3)4;/h8-15H,6-7,16-17H2,1-5H3,(H,23,24);1H. The summed E-state index contributed by atoms with van der Waals surface area (Å²) in [7, 11) is 1.50. The molecule has 0 atom stereocenters. The number of sulfonamides is 1. The predicted molar refractivity (Wildman–Crippen MR) is 137 cm³/mol. The summed E-state index contributed by atoms with van der Waals surface area (Å²) in [6, 6.07) is 15.0. The van der Waals surface area contributed by atoms with Crippen molar-refractivity contribution in [1.29, 1.82) is 0 Å². The van der Waals surface area contributed by atoms with Gasteiger partial charge in [0.05, 0.1) is 18.0 Å². The molecule has 0 aliphatic rings. The predicted octanol–water partition coefficient (Wildman–Crippen LogP) is 3.55. The van der Waals surface area contributed by atoms with Crippen LogP contribution in [0.4, 0.5) is 0 Å². The summed E-state index contributed by atoms with van der Waals surface area (Å²) < 4.78 is 31.9. The molecule has 0 heterocycles. The fourth-order valence-corrected chi connectivity index (χ4v) is 4.03. The van der Waals surface area contributed by atoms with Gasteiger partial charge in [-0.3, -0.25) is 0 Å². The van der Waals surface area contributed by atoms with Crippen LogP contribution in [-0.4, -0.2) is 57.9 Å². The van der Waals surface area contributed by atoms with Gasteiger partial charge in [0.2, 0.25) is 10.0 Å². The average molecular weight is 561 g/mol. The third kappa shape index (κ3) is 7.65. The van der Waals surface area contributed by atoms with Gasteiger partial charge < -0.3 is 15.0 Å². The Balaban J connectivity index is 0.00000480. The number of aliphatic imine (C=N–C) groups is 1. The van der Waals surface area contributed by atoms with Crippen molar-refractivity contribution in [2.75, 3.05) is 34.3 Å². The Bertz CT molecular complexity index is 947. The summed E-state index contributed by atoms with van der Waals surface area (Å²) in [5, 5.41) is 3.28. The highest BCUT2D eigenvalue weighted by Crippen LogP contribution is 2.19. The molecule has 0 saturated heterocycles. The van der Waals surface area contributed by atoms with Crippen LogP contribution in [0.2, 0.25) is 0 Å². The molecule has 0 fully saturated rings. The van der Waals surface area contributed by atoms with Crippen LogP contribution in [0.1, 0.15) is 25.0 Å². The second-order valence-corrected chi connectivity index (χ2v) is 9.12. The van der Waals surface area contributed by atoms with Gasteiger partial charge in [-0.25, -0.2) is 17.7 Å². The van der Waals surface area contributed by atoms with E-state index >= 15 is 0 Å². The molecule has 0 bridgehead atoms. The van der Waals surface area contributed by atoms with Crippen LogP contribution in [0.25, 0.3) is 0 Å². The molecule has 7 nitrogen and oxygen atoms in total. The molecular formula is C22H33IN4O3S. The Morgan fingerprint density at radius 3 is 2.26 bits per heavy atom. The van der Waals surface area contributed by atoms with Crippen LogP contribution in [0, 0.1) is 0 Å². The molecule has 0 aromatic heterocycles. The Morgan fingerprint density at radius 2 is 1.68 bits per heavy atom. The van der Waals surface area contributed by atoms with E-state index in [-0.39, 0.29) is 35.4 Å². The Labute approximate surface area is 203 Å². The summed E-state index contributed by atoms with van der Waals surface area (Å²) in [5.74, 6) is 1.56. The molecule has 0 aliphatic carbocycles. The highest BCUT2D eigenvalue weighted by atomic mass is 127. The van der Waals surface area contributed by atoms with Gasteiger partial charge in [0.25, 0.3) is 0 Å². The van der Waals surface area contributed by atoms with Crippen molar-refractivity contribution in [2.24, 2.45) is 4.99 Å². The summed E-state index contributed by atoms with van der Waals surface area (Å²) in [4.78, 5) is 6.98. The van der Waals surface area contributed by atoms with E-state index in [2.05, 4.69) is 10.3 Å². The van der Waals surface area contributed by atoms with Crippen molar-refractivity contribution >= 4 is 40.0 Å². The lowest BCUT2D eigenvalue weighted by atomic mass is 10.2. The maximum Gasteiger partial charge on any atom is 0.242 e. The molecule has 31 heavy (non-hydrogen) atoms. The molecule has 0 spiro atoms. The summed E-state index contributed by atoms with van der Waals surface area (Å²) in [5.41, 5.74) is 1.79. The largest absolute Gasteiger partial charge is 0.494 e. The van der Waals surface area contributed by atoms with Crippen molar-refractivity contribution in [3.05, 3.63) is 59.7 Å². The SMILES string of the molecule is CCNC(=NCc1ccccc1S(=O)(=O)N(C)C)N(C)Cc1ccc(OCC)cc1.I. The highest BCUT2D eigenvalue weighted by molar-refractivity contribution is 14.0. The zero-order valence-electron chi connectivity index (χ0n) is 18.8. The van der Waals surface area contributed by atoms with Crippen LogP contribution in [0.15, 0.2) is 58.4 Å². The molecule has 172 valence electrons. The van der Waals surface area contributed by atoms with Crippen LogP contribution in [-0.2, 0) is 23.1 Å². The van der Waals surface area contributed by atoms with E-state index in [1.54, 1.807) is 18.2 Å². The Hall–Kier alpha value is -1.85. The van der Waals surface area contributed by atoms with Gasteiger partial charge in [0, 0.05) is 34.2 Å². The normalized spacial score (nSPS) is 11.7. The Kier molecular flexibility index (Phi) is 11.3. The van der Waals surface area contributed by atoms with Crippen molar-refractivity contribution in [3.8, 4) is 5.75 Å². The quantitative estimate of drug-likeness (QED) is 0.289. The van der Waals surface area contributed by atoms with Gasteiger partial charge in [-0.05, 0) is 43.2 Å². The fourth-order valence-electron chi connectivity index (χ4n) is 2.92. The zero-order chi connectivity index (χ0) is 22.1. The topological polar surface area (TPSA) is 74.2 Å². The van der Waals surface area contributed by atoms with Gasteiger partial charge in [-0.15, -0.1) is 24.0 Å². The lowest BCUT2D eigenvalue weighted by molar-refractivity contribution is 0.340. The second-order valence-electron chi connectivity index (χ2n) is 7.00. The molecular weight excluding hydrogens is 527 g/mol. The first-order valence-corrected chi connectivity index (χ1v) is 11.4. The Morgan fingerprint density at radius 1 is 1.03 bits per heavy atom. The van der Waals surface area contributed by atoms with Crippen LogP contribution in [0.5, 0.6) is 5.75 Å². The number of rotatable bonds is 9. The molecule has 0 saturated carbocycles. The molecule has 0 radical (unpaired) electrons. The highest BCUT2D eigenvalue weighted by Gasteiger charge is 2.20. The van der Waals surface area contributed by atoms with E-state index in [1.165, 1.54) is 18.4 Å².